The van der Waals surface area contributed by atoms with Crippen molar-refractivity contribution in [3.8, 4) is 23.8 Å². The number of hydrogen-bond acceptors (Lipinski definition) is 7. The van der Waals surface area contributed by atoms with Gasteiger partial charge in [0, 0.05) is 0 Å². The Morgan fingerprint density at radius 2 is 2.06 bits per heavy atom. The second kappa shape index (κ2) is 11.1. The van der Waals surface area contributed by atoms with Gasteiger partial charge in [0.2, 0.25) is 0 Å². The number of esters is 1. The molecule has 1 aliphatic rings. The molecule has 4 rings (SSSR count). The number of thiazole rings is 1. The van der Waals surface area contributed by atoms with Gasteiger partial charge in [-0.15, -0.1) is 6.42 Å². The van der Waals surface area contributed by atoms with E-state index in [2.05, 4.69) is 33.5 Å². The Hall–Kier alpha value is -3.36. The molecule has 9 heteroatoms. The topological polar surface area (TPSA) is 79.1 Å². The van der Waals surface area contributed by atoms with Crippen molar-refractivity contribution in [1.29, 1.82) is 0 Å². The van der Waals surface area contributed by atoms with Gasteiger partial charge in [-0.25, -0.2) is 9.79 Å². The summed E-state index contributed by atoms with van der Waals surface area (Å²) in [5, 5.41) is 0. The quantitative estimate of drug-likeness (QED) is 0.232. The Labute approximate surface area is 225 Å². The molecule has 0 aliphatic carbocycles. The summed E-state index contributed by atoms with van der Waals surface area (Å²) in [6.07, 6.45) is 7.10. The second-order valence-corrected chi connectivity index (χ2v) is 9.91. The highest BCUT2D eigenvalue weighted by molar-refractivity contribution is 14.1. The number of halogens is 1. The van der Waals surface area contributed by atoms with Crippen LogP contribution in [0.15, 0.2) is 63.5 Å². The van der Waals surface area contributed by atoms with Gasteiger partial charge in [0.15, 0.2) is 16.3 Å². The molecule has 0 spiro atoms. The number of fused-ring (bicyclic) bond motifs is 1. The van der Waals surface area contributed by atoms with E-state index >= 15 is 0 Å². The molecule has 0 saturated carbocycles. The number of ether oxygens (including phenoxy) is 3. The molecule has 0 saturated heterocycles. The maximum Gasteiger partial charge on any atom is 0.338 e. The number of carbonyl (C=O) groups excluding carboxylic acids is 1. The fourth-order valence-electron chi connectivity index (χ4n) is 3.97. The van der Waals surface area contributed by atoms with E-state index in [1.165, 1.54) is 11.3 Å². The molecular formula is C27H23IN2O5S. The number of benzene rings is 2. The number of allylic oxidation sites excluding steroid dienone is 1. The van der Waals surface area contributed by atoms with Gasteiger partial charge in [-0.3, -0.25) is 9.36 Å². The molecule has 1 aliphatic heterocycles. The molecular weight excluding hydrogens is 591 g/mol. The monoisotopic (exact) mass is 614 g/mol. The van der Waals surface area contributed by atoms with Crippen LogP contribution in [0.2, 0.25) is 0 Å². The highest BCUT2D eigenvalue weighted by Crippen LogP contribution is 2.34. The van der Waals surface area contributed by atoms with Crippen molar-refractivity contribution in [1.82, 2.24) is 4.57 Å². The van der Waals surface area contributed by atoms with Crippen molar-refractivity contribution in [3.63, 3.8) is 0 Å². The van der Waals surface area contributed by atoms with E-state index < -0.39 is 12.0 Å². The summed E-state index contributed by atoms with van der Waals surface area (Å²) in [7, 11) is 1.55. The minimum absolute atomic E-state index is 0.117. The fourth-order valence-corrected chi connectivity index (χ4v) is 5.80. The van der Waals surface area contributed by atoms with E-state index in [1.807, 2.05) is 36.4 Å². The van der Waals surface area contributed by atoms with Crippen LogP contribution < -0.4 is 24.4 Å². The number of carbonyl (C=O) groups is 1. The molecule has 0 bridgehead atoms. The molecule has 0 unspecified atom stereocenters. The van der Waals surface area contributed by atoms with Crippen molar-refractivity contribution >= 4 is 46.0 Å². The first-order valence-corrected chi connectivity index (χ1v) is 13.0. The zero-order valence-corrected chi connectivity index (χ0v) is 22.9. The van der Waals surface area contributed by atoms with Crippen molar-refractivity contribution in [2.75, 3.05) is 20.3 Å². The normalized spacial score (nSPS) is 15.1. The number of methoxy groups -OCH3 is 1. The summed E-state index contributed by atoms with van der Waals surface area (Å²) in [5.74, 6) is 3.03. The van der Waals surface area contributed by atoms with Crippen LogP contribution in [0, 0.1) is 15.9 Å². The van der Waals surface area contributed by atoms with Crippen LogP contribution in [-0.4, -0.2) is 30.9 Å². The van der Waals surface area contributed by atoms with Gasteiger partial charge in [-0.05, 0) is 65.8 Å². The Morgan fingerprint density at radius 1 is 1.31 bits per heavy atom. The highest BCUT2D eigenvalue weighted by atomic mass is 127. The van der Waals surface area contributed by atoms with Gasteiger partial charge >= 0.3 is 5.97 Å². The molecule has 0 amide bonds. The highest BCUT2D eigenvalue weighted by Gasteiger charge is 2.33. The first-order chi connectivity index (χ1) is 17.4. The Bertz CT molecular complexity index is 1560. The summed E-state index contributed by atoms with van der Waals surface area (Å²) in [4.78, 5) is 31.8. The van der Waals surface area contributed by atoms with Crippen molar-refractivity contribution in [3.05, 3.63) is 88.1 Å². The van der Waals surface area contributed by atoms with E-state index in [9.17, 15) is 9.59 Å². The minimum atomic E-state index is -0.641. The number of nitrogens with zero attached hydrogens (tertiary/aromatic N) is 2. The average Bonchev–Trinajstić information content (AvgIpc) is 3.17. The molecule has 36 heavy (non-hydrogen) atoms. The first-order valence-electron chi connectivity index (χ1n) is 11.1. The smallest absolute Gasteiger partial charge is 0.338 e. The molecule has 0 N–H and O–H groups in total. The SMILES string of the molecule is C#CCOc1c(I)cc(/C=c2\sc3n(c2=O)[C@H](c2ccccc2)C(C(=O)OCC)=C(C)N=3)cc1OC. The van der Waals surface area contributed by atoms with E-state index in [-0.39, 0.29) is 18.8 Å². The molecule has 1 aromatic heterocycles. The Kier molecular flexibility index (Phi) is 7.96. The van der Waals surface area contributed by atoms with Gasteiger partial charge in [0.1, 0.15) is 6.61 Å². The molecule has 0 radical (unpaired) electrons. The predicted molar refractivity (Wildman–Crippen MR) is 147 cm³/mol. The lowest BCUT2D eigenvalue weighted by Crippen LogP contribution is -2.39. The van der Waals surface area contributed by atoms with Crippen LogP contribution >= 0.6 is 33.9 Å². The summed E-state index contributed by atoms with van der Waals surface area (Å²) in [6.45, 7) is 3.86. The maximum atomic E-state index is 13.7. The summed E-state index contributed by atoms with van der Waals surface area (Å²) < 4.78 is 19.3. The maximum absolute atomic E-state index is 13.7. The lowest BCUT2D eigenvalue weighted by Gasteiger charge is -2.24. The van der Waals surface area contributed by atoms with Gasteiger partial charge in [0.25, 0.3) is 5.56 Å². The van der Waals surface area contributed by atoms with Crippen LogP contribution in [-0.2, 0) is 9.53 Å². The van der Waals surface area contributed by atoms with E-state index in [4.69, 9.17) is 20.6 Å². The number of rotatable bonds is 7. The molecule has 3 aromatic rings. The fraction of sp³-hybridized carbons (Fsp3) is 0.222. The Morgan fingerprint density at radius 3 is 2.72 bits per heavy atom. The van der Waals surface area contributed by atoms with E-state index in [0.29, 0.717) is 32.1 Å². The van der Waals surface area contributed by atoms with Crippen molar-refractivity contribution < 1.29 is 19.0 Å². The van der Waals surface area contributed by atoms with Crippen molar-refractivity contribution in [2.24, 2.45) is 4.99 Å². The average molecular weight is 614 g/mol. The third-order valence-corrected chi connectivity index (χ3v) is 7.27. The van der Waals surface area contributed by atoms with Gasteiger partial charge in [-0.2, -0.15) is 0 Å². The Balaban J connectivity index is 1.89. The standard InChI is InChI=1S/C27H23IN2O5S/c1-5-12-35-24-19(28)13-17(14-20(24)33-4)15-21-25(31)30-23(18-10-8-7-9-11-18)22(26(32)34-6-2)16(3)29-27(30)36-21/h1,7-11,13-15,23H,6,12H2,2-4H3/b21-15-/t23-/m1/s1. The summed E-state index contributed by atoms with van der Waals surface area (Å²) in [6, 6.07) is 12.5. The third-order valence-electron chi connectivity index (χ3n) is 5.48. The van der Waals surface area contributed by atoms with Gasteiger partial charge in [-0.1, -0.05) is 47.6 Å². The van der Waals surface area contributed by atoms with Crippen LogP contribution in [0.4, 0.5) is 0 Å². The molecule has 184 valence electrons. The summed E-state index contributed by atoms with van der Waals surface area (Å²) >= 11 is 3.41. The van der Waals surface area contributed by atoms with Crippen LogP contribution in [0.1, 0.15) is 31.0 Å². The zero-order chi connectivity index (χ0) is 25.8. The van der Waals surface area contributed by atoms with Crippen LogP contribution in [0.5, 0.6) is 11.5 Å². The second-order valence-electron chi connectivity index (χ2n) is 7.74. The molecule has 0 fully saturated rings. The predicted octanol–water partition coefficient (Wildman–Crippen LogP) is 3.42. The summed E-state index contributed by atoms with van der Waals surface area (Å²) in [5.41, 5.74) is 2.19. The van der Waals surface area contributed by atoms with E-state index in [0.717, 1.165) is 14.7 Å². The van der Waals surface area contributed by atoms with Crippen LogP contribution in [0.25, 0.3) is 6.08 Å². The first kappa shape index (κ1) is 25.7. The third kappa shape index (κ3) is 4.96. The molecule has 7 nitrogen and oxygen atoms in total. The largest absolute Gasteiger partial charge is 0.493 e. The van der Waals surface area contributed by atoms with Gasteiger partial charge in [0.05, 0.1) is 39.1 Å². The number of terminal acetylenes is 1. The molecule has 2 aromatic carbocycles. The van der Waals surface area contributed by atoms with Gasteiger partial charge < -0.3 is 14.2 Å². The van der Waals surface area contributed by atoms with Crippen molar-refractivity contribution in [2.45, 2.75) is 19.9 Å². The lowest BCUT2D eigenvalue weighted by atomic mass is 9.96. The molecule has 1 atom stereocenters. The zero-order valence-electron chi connectivity index (χ0n) is 19.9. The van der Waals surface area contributed by atoms with E-state index in [1.54, 1.807) is 37.7 Å². The molecule has 2 heterocycles. The minimum Gasteiger partial charge on any atom is -0.493 e. The number of aromatic nitrogens is 1. The number of hydrogen-bond donors (Lipinski definition) is 0. The van der Waals surface area contributed by atoms with Crippen LogP contribution in [0.3, 0.4) is 0 Å². The lowest BCUT2D eigenvalue weighted by molar-refractivity contribution is -0.139.